The molecule has 5 N–H and O–H groups in total. The van der Waals surface area contributed by atoms with Crippen molar-refractivity contribution in [3.05, 3.63) is 35.9 Å². The van der Waals surface area contributed by atoms with Crippen molar-refractivity contribution in [1.29, 1.82) is 0 Å². The Kier molecular flexibility index (Phi) is 7.10. The SMILES string of the molecule is CCNC(=O)C1C(O)C(O)C(O)C(CO)N1C(=O)CCc1ccccc1. The maximum absolute atomic E-state index is 12.8. The molecule has 2 amide bonds. The highest BCUT2D eigenvalue weighted by Gasteiger charge is 2.51. The van der Waals surface area contributed by atoms with E-state index in [4.69, 9.17) is 0 Å². The van der Waals surface area contributed by atoms with Crippen LogP contribution in [-0.2, 0) is 16.0 Å². The summed E-state index contributed by atoms with van der Waals surface area (Å²) in [5.74, 6) is -1.13. The van der Waals surface area contributed by atoms with E-state index >= 15 is 0 Å². The van der Waals surface area contributed by atoms with E-state index in [1.807, 2.05) is 30.3 Å². The van der Waals surface area contributed by atoms with Crippen molar-refractivity contribution < 1.29 is 30.0 Å². The number of aliphatic hydroxyl groups excluding tert-OH is 4. The maximum Gasteiger partial charge on any atom is 0.245 e. The van der Waals surface area contributed by atoms with Gasteiger partial charge in [-0.1, -0.05) is 30.3 Å². The third-order valence-corrected chi connectivity index (χ3v) is 4.64. The van der Waals surface area contributed by atoms with Crippen molar-refractivity contribution in [2.75, 3.05) is 13.2 Å². The molecule has 1 saturated heterocycles. The Bertz CT molecular complexity index is 611. The summed E-state index contributed by atoms with van der Waals surface area (Å²) in [7, 11) is 0. The molecule has 1 aromatic carbocycles. The number of aryl methyl sites for hydroxylation is 1. The third-order valence-electron chi connectivity index (χ3n) is 4.64. The van der Waals surface area contributed by atoms with Crippen LogP contribution in [0.2, 0.25) is 0 Å². The fraction of sp³-hybridized carbons (Fsp3) is 0.556. The van der Waals surface area contributed by atoms with Crippen LogP contribution in [0.1, 0.15) is 18.9 Å². The number of carbonyl (C=O) groups excluding carboxylic acids is 2. The smallest absolute Gasteiger partial charge is 0.245 e. The van der Waals surface area contributed by atoms with Gasteiger partial charge in [-0.15, -0.1) is 0 Å². The lowest BCUT2D eigenvalue weighted by atomic mass is 9.87. The average Bonchev–Trinajstić information content (AvgIpc) is 2.65. The molecule has 1 heterocycles. The first-order valence-electron chi connectivity index (χ1n) is 8.70. The highest BCUT2D eigenvalue weighted by molar-refractivity contribution is 5.89. The van der Waals surface area contributed by atoms with Gasteiger partial charge in [0.25, 0.3) is 0 Å². The van der Waals surface area contributed by atoms with Crippen LogP contribution >= 0.6 is 0 Å². The second-order valence-corrected chi connectivity index (χ2v) is 6.35. The minimum atomic E-state index is -1.65. The first-order chi connectivity index (χ1) is 12.4. The minimum Gasteiger partial charge on any atom is -0.394 e. The molecule has 0 spiro atoms. The molecular weight excluding hydrogens is 340 g/mol. The quantitative estimate of drug-likeness (QED) is 0.413. The highest BCUT2D eigenvalue weighted by Crippen LogP contribution is 2.26. The molecule has 1 aliphatic heterocycles. The summed E-state index contributed by atoms with van der Waals surface area (Å²) < 4.78 is 0. The van der Waals surface area contributed by atoms with Crippen molar-refractivity contribution in [1.82, 2.24) is 10.2 Å². The van der Waals surface area contributed by atoms with Gasteiger partial charge in [-0.2, -0.15) is 0 Å². The zero-order valence-electron chi connectivity index (χ0n) is 14.7. The second kappa shape index (κ2) is 9.09. The summed E-state index contributed by atoms with van der Waals surface area (Å²) in [6.45, 7) is 1.32. The first kappa shape index (κ1) is 20.3. The lowest BCUT2D eigenvalue weighted by Gasteiger charge is -2.47. The van der Waals surface area contributed by atoms with Crippen LogP contribution in [0, 0.1) is 0 Å². The molecule has 1 aromatic rings. The van der Waals surface area contributed by atoms with Crippen molar-refractivity contribution in [2.45, 2.75) is 50.2 Å². The van der Waals surface area contributed by atoms with Crippen LogP contribution < -0.4 is 5.32 Å². The predicted octanol–water partition coefficient (Wildman–Crippen LogP) is -1.59. The number of hydrogen-bond donors (Lipinski definition) is 5. The number of amides is 2. The maximum atomic E-state index is 12.8. The van der Waals surface area contributed by atoms with Crippen molar-refractivity contribution in [3.63, 3.8) is 0 Å². The van der Waals surface area contributed by atoms with Gasteiger partial charge in [0.15, 0.2) is 0 Å². The molecule has 5 atom stereocenters. The summed E-state index contributed by atoms with van der Waals surface area (Å²) in [6.07, 6.45) is -4.41. The Balaban J connectivity index is 2.24. The molecule has 2 rings (SSSR count). The molecule has 144 valence electrons. The van der Waals surface area contributed by atoms with Crippen LogP contribution in [-0.4, -0.2) is 80.7 Å². The van der Waals surface area contributed by atoms with Gasteiger partial charge >= 0.3 is 0 Å². The van der Waals surface area contributed by atoms with E-state index in [0.717, 1.165) is 10.5 Å². The number of nitrogens with zero attached hydrogens (tertiary/aromatic N) is 1. The Morgan fingerprint density at radius 1 is 1.08 bits per heavy atom. The van der Waals surface area contributed by atoms with E-state index in [9.17, 15) is 30.0 Å². The van der Waals surface area contributed by atoms with Gasteiger partial charge in [0.1, 0.15) is 24.4 Å². The summed E-state index contributed by atoms with van der Waals surface area (Å²) in [5, 5.41) is 42.6. The number of aliphatic hydroxyl groups is 4. The number of carbonyl (C=O) groups is 2. The second-order valence-electron chi connectivity index (χ2n) is 6.35. The van der Waals surface area contributed by atoms with E-state index in [-0.39, 0.29) is 13.0 Å². The summed E-state index contributed by atoms with van der Waals surface area (Å²) in [6, 6.07) is 6.72. The first-order valence-corrected chi connectivity index (χ1v) is 8.70. The van der Waals surface area contributed by atoms with Gasteiger partial charge in [0.05, 0.1) is 12.6 Å². The molecule has 5 unspecified atom stereocenters. The van der Waals surface area contributed by atoms with E-state index in [1.165, 1.54) is 0 Å². The number of benzene rings is 1. The van der Waals surface area contributed by atoms with Crippen LogP contribution in [0.25, 0.3) is 0 Å². The Hall–Kier alpha value is -2.00. The fourth-order valence-corrected chi connectivity index (χ4v) is 3.27. The minimum absolute atomic E-state index is 0.0337. The van der Waals surface area contributed by atoms with Crippen molar-refractivity contribution in [3.8, 4) is 0 Å². The molecule has 0 bridgehead atoms. The number of nitrogens with one attached hydrogen (secondary N) is 1. The number of likely N-dealkylation sites (N-methyl/N-ethyl adjacent to an activating group) is 1. The number of piperidine rings is 1. The van der Waals surface area contributed by atoms with Crippen LogP contribution in [0.5, 0.6) is 0 Å². The lowest BCUT2D eigenvalue weighted by Crippen LogP contribution is -2.71. The van der Waals surface area contributed by atoms with Gasteiger partial charge in [-0.3, -0.25) is 9.59 Å². The van der Waals surface area contributed by atoms with Crippen LogP contribution in [0.4, 0.5) is 0 Å². The van der Waals surface area contributed by atoms with Crippen molar-refractivity contribution >= 4 is 11.8 Å². The topological polar surface area (TPSA) is 130 Å². The van der Waals surface area contributed by atoms with Crippen LogP contribution in [0.3, 0.4) is 0 Å². The van der Waals surface area contributed by atoms with Crippen molar-refractivity contribution in [2.24, 2.45) is 0 Å². The van der Waals surface area contributed by atoms with Gasteiger partial charge in [-0.25, -0.2) is 0 Å². The molecule has 0 aromatic heterocycles. The number of rotatable bonds is 6. The molecular formula is C18H26N2O6. The molecule has 0 radical (unpaired) electrons. The molecule has 26 heavy (non-hydrogen) atoms. The summed E-state index contributed by atoms with van der Waals surface area (Å²) in [4.78, 5) is 26.2. The van der Waals surface area contributed by atoms with Gasteiger partial charge < -0.3 is 30.6 Å². The van der Waals surface area contributed by atoms with E-state index in [0.29, 0.717) is 6.42 Å². The highest BCUT2D eigenvalue weighted by atomic mass is 16.4. The molecule has 1 aliphatic rings. The summed E-state index contributed by atoms with van der Waals surface area (Å²) in [5.41, 5.74) is 0.925. The predicted molar refractivity (Wildman–Crippen MR) is 93.0 cm³/mol. The van der Waals surface area contributed by atoms with Gasteiger partial charge in [0, 0.05) is 13.0 Å². The molecule has 0 saturated carbocycles. The Morgan fingerprint density at radius 3 is 2.31 bits per heavy atom. The zero-order valence-corrected chi connectivity index (χ0v) is 14.7. The lowest BCUT2D eigenvalue weighted by molar-refractivity contribution is -0.187. The monoisotopic (exact) mass is 366 g/mol. The Labute approximate surface area is 152 Å². The van der Waals surface area contributed by atoms with E-state index in [1.54, 1.807) is 6.92 Å². The standard InChI is InChI=1S/C18H26N2O6/c1-2-19-18(26)14-16(24)17(25)15(23)12(10-21)20(14)13(22)9-8-11-6-4-3-5-7-11/h3-7,12,14-17,21,23-25H,2,8-10H2,1H3,(H,19,26). The van der Waals surface area contributed by atoms with E-state index < -0.39 is 48.8 Å². The van der Waals surface area contributed by atoms with Gasteiger partial charge in [-0.05, 0) is 18.9 Å². The zero-order chi connectivity index (χ0) is 19.3. The Morgan fingerprint density at radius 2 is 1.73 bits per heavy atom. The van der Waals surface area contributed by atoms with Crippen LogP contribution in [0.15, 0.2) is 30.3 Å². The largest absolute Gasteiger partial charge is 0.394 e. The van der Waals surface area contributed by atoms with Gasteiger partial charge in [0.2, 0.25) is 11.8 Å². The molecule has 0 aliphatic carbocycles. The number of hydrogen-bond acceptors (Lipinski definition) is 6. The normalized spacial score (nSPS) is 28.7. The number of likely N-dealkylation sites (tertiary alicyclic amines) is 1. The fourth-order valence-electron chi connectivity index (χ4n) is 3.27. The average molecular weight is 366 g/mol. The molecule has 8 nitrogen and oxygen atoms in total. The van der Waals surface area contributed by atoms with E-state index in [2.05, 4.69) is 5.32 Å². The molecule has 1 fully saturated rings. The molecule has 8 heteroatoms. The summed E-state index contributed by atoms with van der Waals surface area (Å²) >= 11 is 0. The third kappa shape index (κ3) is 4.21.